The average molecular weight is 554 g/mol. The number of hydrogen-bond donors (Lipinski definition) is 3. The Hall–Kier alpha value is -3.79. The molecule has 0 saturated heterocycles. The van der Waals surface area contributed by atoms with Crippen molar-refractivity contribution in [2.45, 2.75) is 49.7 Å². The zero-order chi connectivity index (χ0) is 27.2. The summed E-state index contributed by atoms with van der Waals surface area (Å²) in [5, 5.41) is 12.9. The quantitative estimate of drug-likeness (QED) is 0.339. The summed E-state index contributed by atoms with van der Waals surface area (Å²) in [6, 6.07) is 1.52. The van der Waals surface area contributed by atoms with Gasteiger partial charge in [0.15, 0.2) is 11.5 Å². The van der Waals surface area contributed by atoms with Crippen molar-refractivity contribution < 1.29 is 26.0 Å². The molecule has 16 heteroatoms. The lowest BCUT2D eigenvalue weighted by Gasteiger charge is -2.33. The summed E-state index contributed by atoms with van der Waals surface area (Å²) in [6.07, 6.45) is 6.32. The standard InChI is InChI=1S/C22H23F4N9O2S/c1-12(19(23)24)31-17-8-22(27,29-10-15(17)16-5-7-34(33-16)21(25)26)18-4-6-28-20(32-18)13-9-30-35(11-13)38(36,37)14-2-3-14/h4-12,14,19,21,29,31H,2-3,27H2,1H3. The Morgan fingerprint density at radius 3 is 2.66 bits per heavy atom. The molecule has 4 heterocycles. The molecule has 0 amide bonds. The maximum absolute atomic E-state index is 13.4. The first kappa shape index (κ1) is 25.8. The van der Waals surface area contributed by atoms with Gasteiger partial charge in [0, 0.05) is 29.9 Å². The first-order valence-corrected chi connectivity index (χ1v) is 13.0. The lowest BCUT2D eigenvalue weighted by molar-refractivity contribution is 0.0565. The molecule has 0 radical (unpaired) electrons. The molecule has 1 aliphatic heterocycles. The summed E-state index contributed by atoms with van der Waals surface area (Å²) < 4.78 is 79.1. The van der Waals surface area contributed by atoms with Crippen molar-refractivity contribution in [1.82, 2.24) is 39.6 Å². The summed E-state index contributed by atoms with van der Waals surface area (Å²) in [5.74, 6) is 0.140. The number of dihydropyridines is 1. The summed E-state index contributed by atoms with van der Waals surface area (Å²) in [6.45, 7) is -1.62. The number of allylic oxidation sites excluding steroid dienone is 1. The van der Waals surface area contributed by atoms with Crippen molar-refractivity contribution in [3.63, 3.8) is 0 Å². The highest BCUT2D eigenvalue weighted by Crippen LogP contribution is 2.32. The van der Waals surface area contributed by atoms with Crippen molar-refractivity contribution in [2.75, 3.05) is 0 Å². The highest BCUT2D eigenvalue weighted by molar-refractivity contribution is 7.90. The van der Waals surface area contributed by atoms with E-state index in [1.807, 2.05) is 0 Å². The second kappa shape index (κ2) is 9.50. The van der Waals surface area contributed by atoms with Gasteiger partial charge in [-0.1, -0.05) is 0 Å². The van der Waals surface area contributed by atoms with Gasteiger partial charge in [-0.2, -0.15) is 23.1 Å². The van der Waals surface area contributed by atoms with Gasteiger partial charge in [0.1, 0.15) is 0 Å². The van der Waals surface area contributed by atoms with Crippen LogP contribution >= 0.6 is 0 Å². The Morgan fingerprint density at radius 2 is 2.00 bits per heavy atom. The molecule has 3 aromatic rings. The molecule has 1 aliphatic carbocycles. The van der Waals surface area contributed by atoms with Crippen LogP contribution in [0.4, 0.5) is 17.6 Å². The van der Waals surface area contributed by atoms with E-state index in [0.717, 1.165) is 10.3 Å². The van der Waals surface area contributed by atoms with E-state index in [1.54, 1.807) is 0 Å². The fraction of sp³-hybridized carbons (Fsp3) is 0.364. The smallest absolute Gasteiger partial charge is 0.333 e. The average Bonchev–Trinajstić information content (AvgIpc) is 3.42. The number of nitrogens with zero attached hydrogens (tertiary/aromatic N) is 6. The molecular formula is C22H23F4N9O2S. The molecule has 11 nitrogen and oxygen atoms in total. The zero-order valence-corrected chi connectivity index (χ0v) is 20.7. The Labute approximate surface area is 214 Å². The van der Waals surface area contributed by atoms with Crippen molar-refractivity contribution in [1.29, 1.82) is 0 Å². The Bertz CT molecular complexity index is 1510. The minimum atomic E-state index is -3.59. The molecule has 0 bridgehead atoms. The summed E-state index contributed by atoms with van der Waals surface area (Å²) in [7, 11) is -3.59. The molecule has 38 heavy (non-hydrogen) atoms. The predicted octanol–water partition coefficient (Wildman–Crippen LogP) is 2.15. The van der Waals surface area contributed by atoms with Gasteiger partial charge in [-0.25, -0.2) is 31.8 Å². The van der Waals surface area contributed by atoms with Crippen LogP contribution in [-0.4, -0.2) is 55.1 Å². The first-order valence-electron chi connectivity index (χ1n) is 11.5. The molecule has 0 aromatic carbocycles. The van der Waals surface area contributed by atoms with E-state index in [4.69, 9.17) is 5.73 Å². The maximum Gasteiger partial charge on any atom is 0.333 e. The fourth-order valence-electron chi connectivity index (χ4n) is 3.80. The largest absolute Gasteiger partial charge is 0.376 e. The monoisotopic (exact) mass is 553 g/mol. The van der Waals surface area contributed by atoms with E-state index in [-0.39, 0.29) is 28.5 Å². The number of rotatable bonds is 9. The van der Waals surface area contributed by atoms with E-state index >= 15 is 0 Å². The molecular weight excluding hydrogens is 530 g/mol. The van der Waals surface area contributed by atoms with E-state index in [0.29, 0.717) is 23.1 Å². The molecule has 2 aliphatic rings. The molecule has 0 spiro atoms. The first-order chi connectivity index (χ1) is 18.0. The molecule has 202 valence electrons. The normalized spacial score (nSPS) is 20.7. The van der Waals surface area contributed by atoms with Gasteiger partial charge in [0.05, 0.1) is 40.6 Å². The van der Waals surface area contributed by atoms with Crippen LogP contribution in [0.5, 0.6) is 0 Å². The summed E-state index contributed by atoms with van der Waals surface area (Å²) in [4.78, 5) is 8.64. The number of aromatic nitrogens is 6. The van der Waals surface area contributed by atoms with Crippen LogP contribution in [0.25, 0.3) is 17.0 Å². The molecule has 4 N–H and O–H groups in total. The molecule has 1 fully saturated rings. The molecule has 5 rings (SSSR count). The minimum absolute atomic E-state index is 0.104. The second-order valence-electron chi connectivity index (χ2n) is 8.97. The van der Waals surface area contributed by atoms with E-state index in [2.05, 4.69) is 30.8 Å². The van der Waals surface area contributed by atoms with Gasteiger partial charge < -0.3 is 16.4 Å². The van der Waals surface area contributed by atoms with Crippen LogP contribution in [0.3, 0.4) is 0 Å². The SMILES string of the molecule is CC(NC1=CC(N)(c2ccnc(-c3cnn(S(=O)(=O)C4CC4)c3)n2)NC=C1c1ccn(C(F)F)n1)C(F)F. The van der Waals surface area contributed by atoms with Crippen LogP contribution in [0, 0.1) is 0 Å². The molecule has 3 aromatic heterocycles. The highest BCUT2D eigenvalue weighted by Gasteiger charge is 2.38. The summed E-state index contributed by atoms with van der Waals surface area (Å²) >= 11 is 0. The van der Waals surface area contributed by atoms with Crippen LogP contribution in [-0.2, 0) is 15.7 Å². The third-order valence-electron chi connectivity index (χ3n) is 6.07. The Morgan fingerprint density at radius 1 is 1.24 bits per heavy atom. The van der Waals surface area contributed by atoms with Crippen molar-refractivity contribution >= 4 is 15.6 Å². The molecule has 2 atom stereocenters. The van der Waals surface area contributed by atoms with E-state index in [9.17, 15) is 26.0 Å². The van der Waals surface area contributed by atoms with Gasteiger partial charge in [0.2, 0.25) is 0 Å². The van der Waals surface area contributed by atoms with Gasteiger partial charge in [-0.05, 0) is 38.0 Å². The number of nitrogens with two attached hydrogens (primary N) is 1. The number of alkyl halides is 4. The predicted molar refractivity (Wildman–Crippen MR) is 128 cm³/mol. The topological polar surface area (TPSA) is 146 Å². The van der Waals surface area contributed by atoms with Crippen LogP contribution < -0.4 is 16.4 Å². The Kier molecular flexibility index (Phi) is 6.46. The Balaban J connectivity index is 1.48. The number of halogens is 4. The fourth-order valence-corrected chi connectivity index (χ4v) is 5.28. The third kappa shape index (κ3) is 4.88. The van der Waals surface area contributed by atoms with Gasteiger partial charge >= 0.3 is 6.55 Å². The van der Waals surface area contributed by atoms with Crippen LogP contribution in [0.15, 0.2) is 54.9 Å². The van der Waals surface area contributed by atoms with Gasteiger partial charge in [-0.15, -0.1) is 0 Å². The highest BCUT2D eigenvalue weighted by atomic mass is 32.2. The lowest BCUT2D eigenvalue weighted by Crippen LogP contribution is -2.50. The van der Waals surface area contributed by atoms with Gasteiger partial charge in [-0.3, -0.25) is 0 Å². The van der Waals surface area contributed by atoms with Crippen LogP contribution in [0.2, 0.25) is 0 Å². The number of nitrogens with one attached hydrogen (secondary N) is 2. The van der Waals surface area contributed by atoms with Crippen molar-refractivity contribution in [3.8, 4) is 11.4 Å². The van der Waals surface area contributed by atoms with E-state index < -0.39 is 40.0 Å². The minimum Gasteiger partial charge on any atom is -0.376 e. The van der Waals surface area contributed by atoms with Crippen molar-refractivity contribution in [2.24, 2.45) is 5.73 Å². The molecule has 2 unspecified atom stereocenters. The maximum atomic E-state index is 13.4. The van der Waals surface area contributed by atoms with Gasteiger partial charge in [0.25, 0.3) is 16.4 Å². The van der Waals surface area contributed by atoms with Crippen molar-refractivity contribution in [3.05, 3.63) is 66.3 Å². The summed E-state index contributed by atoms with van der Waals surface area (Å²) in [5.41, 5.74) is 6.06. The number of hydrogen-bond acceptors (Lipinski definition) is 9. The lowest BCUT2D eigenvalue weighted by atomic mass is 9.96. The third-order valence-corrected chi connectivity index (χ3v) is 8.10. The van der Waals surface area contributed by atoms with E-state index in [1.165, 1.54) is 49.9 Å². The van der Waals surface area contributed by atoms with Crippen LogP contribution in [0.1, 0.15) is 37.7 Å². The molecule has 1 saturated carbocycles. The zero-order valence-electron chi connectivity index (χ0n) is 19.8. The second-order valence-corrected chi connectivity index (χ2v) is 11.0.